The second-order valence-electron chi connectivity index (χ2n) is 11.6. The highest BCUT2D eigenvalue weighted by Gasteiger charge is 2.34. The summed E-state index contributed by atoms with van der Waals surface area (Å²) in [7, 11) is -4.13. The average molecular weight is 626 g/mol. The second-order valence-corrected chi connectivity index (χ2v) is 13.4. The second kappa shape index (κ2) is 15.5. The van der Waals surface area contributed by atoms with E-state index in [4.69, 9.17) is 0 Å². The molecule has 0 aromatic heterocycles. The van der Waals surface area contributed by atoms with Gasteiger partial charge in [0, 0.05) is 19.5 Å². The van der Waals surface area contributed by atoms with Gasteiger partial charge in [0.2, 0.25) is 11.8 Å². The number of amides is 2. The molecule has 0 saturated carbocycles. The summed E-state index contributed by atoms with van der Waals surface area (Å²) in [5, 5.41) is 2.98. The number of carbonyl (C=O) groups is 2. The first-order valence-corrected chi connectivity index (χ1v) is 16.9. The van der Waals surface area contributed by atoms with E-state index in [1.54, 1.807) is 30.3 Å². The van der Waals surface area contributed by atoms with Crippen LogP contribution in [0.25, 0.3) is 0 Å². The fourth-order valence-electron chi connectivity index (χ4n) is 5.20. The number of sulfonamides is 1. The van der Waals surface area contributed by atoms with E-state index in [0.717, 1.165) is 33.0 Å². The van der Waals surface area contributed by atoms with Crippen molar-refractivity contribution in [1.82, 2.24) is 10.2 Å². The Morgan fingerprint density at radius 2 is 1.42 bits per heavy atom. The first-order chi connectivity index (χ1) is 21.6. The molecule has 4 aromatic carbocycles. The Kier molecular flexibility index (Phi) is 11.5. The minimum absolute atomic E-state index is 0.0810. The van der Waals surface area contributed by atoms with E-state index in [2.05, 4.69) is 19.2 Å². The third kappa shape index (κ3) is 8.82. The van der Waals surface area contributed by atoms with Crippen molar-refractivity contribution in [2.24, 2.45) is 0 Å². The number of rotatable bonds is 14. The van der Waals surface area contributed by atoms with E-state index in [1.165, 1.54) is 17.0 Å². The van der Waals surface area contributed by atoms with Crippen molar-refractivity contribution in [2.75, 3.05) is 17.4 Å². The predicted molar refractivity (Wildman–Crippen MR) is 180 cm³/mol. The molecule has 0 heterocycles. The van der Waals surface area contributed by atoms with Gasteiger partial charge in [-0.1, -0.05) is 111 Å². The van der Waals surface area contributed by atoms with Crippen LogP contribution < -0.4 is 9.62 Å². The zero-order valence-corrected chi connectivity index (χ0v) is 27.3. The molecule has 0 fully saturated rings. The molecule has 0 aliphatic heterocycles. The summed E-state index contributed by atoms with van der Waals surface area (Å²) in [5.74, 6) is -0.498. The number of nitrogens with one attached hydrogen (secondary N) is 1. The molecule has 1 atom stereocenters. The van der Waals surface area contributed by atoms with Crippen LogP contribution >= 0.6 is 0 Å². The van der Waals surface area contributed by atoms with Gasteiger partial charge in [0.1, 0.15) is 12.6 Å². The van der Waals surface area contributed by atoms with Crippen molar-refractivity contribution in [1.29, 1.82) is 0 Å². The Morgan fingerprint density at radius 1 is 0.800 bits per heavy atom. The lowest BCUT2D eigenvalue weighted by molar-refractivity contribution is -0.140. The standard InChI is InChI=1S/C37H43N3O4S/c1-5-23-38-37(42)35(25-30-14-8-6-9-15-30)39(26-31-16-12-13-29(4)24-31)36(41)27-40(33-21-19-32(20-22-33)28(2)3)45(43,44)34-17-10-7-11-18-34/h6-22,24,28,35H,5,23,25-27H2,1-4H3,(H,38,42)/t35-/m1/s1. The molecule has 4 rings (SSSR count). The maximum Gasteiger partial charge on any atom is 0.264 e. The van der Waals surface area contributed by atoms with Gasteiger partial charge >= 0.3 is 0 Å². The number of hydrogen-bond donors (Lipinski definition) is 1. The number of carbonyl (C=O) groups excluding carboxylic acids is 2. The van der Waals surface area contributed by atoms with E-state index in [9.17, 15) is 18.0 Å². The minimum Gasteiger partial charge on any atom is -0.354 e. The maximum atomic E-state index is 14.5. The fraction of sp³-hybridized carbons (Fsp3) is 0.297. The van der Waals surface area contributed by atoms with Crippen molar-refractivity contribution >= 4 is 27.5 Å². The van der Waals surface area contributed by atoms with Crippen molar-refractivity contribution in [3.63, 3.8) is 0 Å². The van der Waals surface area contributed by atoms with Crippen LogP contribution in [0.1, 0.15) is 55.4 Å². The molecule has 4 aromatic rings. The molecule has 2 amide bonds. The van der Waals surface area contributed by atoms with Gasteiger partial charge in [-0.3, -0.25) is 13.9 Å². The largest absolute Gasteiger partial charge is 0.354 e. The molecule has 0 saturated heterocycles. The smallest absolute Gasteiger partial charge is 0.264 e. The molecule has 8 heteroatoms. The summed E-state index contributed by atoms with van der Waals surface area (Å²) < 4.78 is 29.4. The lowest BCUT2D eigenvalue weighted by Crippen LogP contribution is -2.53. The van der Waals surface area contributed by atoms with Crippen molar-refractivity contribution in [3.8, 4) is 0 Å². The summed E-state index contributed by atoms with van der Waals surface area (Å²) >= 11 is 0. The Morgan fingerprint density at radius 3 is 2.02 bits per heavy atom. The Balaban J connectivity index is 1.79. The highest BCUT2D eigenvalue weighted by Crippen LogP contribution is 2.27. The van der Waals surface area contributed by atoms with Crippen LogP contribution in [0, 0.1) is 6.92 Å². The lowest BCUT2D eigenvalue weighted by Gasteiger charge is -2.34. The van der Waals surface area contributed by atoms with E-state index in [-0.39, 0.29) is 29.7 Å². The molecule has 0 spiro atoms. The summed E-state index contributed by atoms with van der Waals surface area (Å²) in [6, 6.07) is 31.9. The number of anilines is 1. The van der Waals surface area contributed by atoms with Gasteiger partial charge < -0.3 is 10.2 Å². The van der Waals surface area contributed by atoms with E-state index < -0.39 is 28.5 Å². The highest BCUT2D eigenvalue weighted by atomic mass is 32.2. The third-order valence-electron chi connectivity index (χ3n) is 7.71. The highest BCUT2D eigenvalue weighted by molar-refractivity contribution is 7.92. The van der Waals surface area contributed by atoms with Crippen LogP contribution in [0.4, 0.5) is 5.69 Å². The van der Waals surface area contributed by atoms with Gasteiger partial charge in [-0.2, -0.15) is 0 Å². The lowest BCUT2D eigenvalue weighted by atomic mass is 10.0. The molecule has 45 heavy (non-hydrogen) atoms. The summed E-state index contributed by atoms with van der Waals surface area (Å²) in [6.07, 6.45) is 1.02. The number of hydrogen-bond acceptors (Lipinski definition) is 4. The Bertz CT molecular complexity index is 1660. The number of aryl methyl sites for hydroxylation is 1. The molecule has 0 aliphatic rings. The van der Waals surface area contributed by atoms with Crippen molar-refractivity contribution in [2.45, 2.75) is 63.9 Å². The normalized spacial score (nSPS) is 12.0. The molecular weight excluding hydrogens is 582 g/mol. The fourth-order valence-corrected chi connectivity index (χ4v) is 6.64. The predicted octanol–water partition coefficient (Wildman–Crippen LogP) is 6.48. The van der Waals surface area contributed by atoms with Gasteiger partial charge in [-0.05, 0) is 60.2 Å². The van der Waals surface area contributed by atoms with Crippen molar-refractivity contribution < 1.29 is 18.0 Å². The molecular formula is C37H43N3O4S. The van der Waals surface area contributed by atoms with Crippen LogP contribution in [0.3, 0.4) is 0 Å². The molecule has 0 bridgehead atoms. The monoisotopic (exact) mass is 625 g/mol. The Labute approximate surface area is 268 Å². The first-order valence-electron chi connectivity index (χ1n) is 15.4. The first kappa shape index (κ1) is 33.5. The van der Waals surface area contributed by atoms with Crippen LogP contribution in [0.2, 0.25) is 0 Å². The molecule has 0 aliphatic carbocycles. The van der Waals surface area contributed by atoms with Gasteiger partial charge in [-0.25, -0.2) is 8.42 Å². The zero-order chi connectivity index (χ0) is 32.4. The molecule has 7 nitrogen and oxygen atoms in total. The summed E-state index contributed by atoms with van der Waals surface area (Å²) in [5.41, 5.74) is 4.20. The van der Waals surface area contributed by atoms with Crippen LogP contribution in [0.5, 0.6) is 0 Å². The summed E-state index contributed by atoms with van der Waals surface area (Å²) in [4.78, 5) is 29.9. The topological polar surface area (TPSA) is 86.8 Å². The quantitative estimate of drug-likeness (QED) is 0.174. The maximum absolute atomic E-state index is 14.5. The van der Waals surface area contributed by atoms with Crippen molar-refractivity contribution in [3.05, 3.63) is 131 Å². The average Bonchev–Trinajstić information content (AvgIpc) is 3.05. The zero-order valence-electron chi connectivity index (χ0n) is 26.5. The molecule has 0 radical (unpaired) electrons. The number of nitrogens with zero attached hydrogens (tertiary/aromatic N) is 2. The minimum atomic E-state index is -4.13. The van der Waals surface area contributed by atoms with Gasteiger partial charge in [-0.15, -0.1) is 0 Å². The van der Waals surface area contributed by atoms with E-state index in [1.807, 2.05) is 80.6 Å². The SMILES string of the molecule is CCCNC(=O)[C@@H](Cc1ccccc1)N(Cc1cccc(C)c1)C(=O)CN(c1ccc(C(C)C)cc1)S(=O)(=O)c1ccccc1. The Hall–Kier alpha value is -4.43. The van der Waals surface area contributed by atoms with Crippen LogP contribution in [-0.2, 0) is 32.6 Å². The van der Waals surface area contributed by atoms with Crippen LogP contribution in [-0.4, -0.2) is 44.3 Å². The van der Waals surface area contributed by atoms with Crippen LogP contribution in [0.15, 0.2) is 114 Å². The van der Waals surface area contributed by atoms with E-state index >= 15 is 0 Å². The third-order valence-corrected chi connectivity index (χ3v) is 9.50. The molecule has 236 valence electrons. The number of benzene rings is 4. The summed E-state index contributed by atoms with van der Waals surface area (Å²) in [6.45, 7) is 8.21. The molecule has 1 N–H and O–H groups in total. The molecule has 0 unspecified atom stereocenters. The van der Waals surface area contributed by atoms with Gasteiger partial charge in [0.15, 0.2) is 0 Å². The van der Waals surface area contributed by atoms with E-state index in [0.29, 0.717) is 12.2 Å². The van der Waals surface area contributed by atoms with Gasteiger partial charge in [0.25, 0.3) is 10.0 Å². The van der Waals surface area contributed by atoms with Gasteiger partial charge in [0.05, 0.1) is 10.6 Å².